The van der Waals surface area contributed by atoms with Gasteiger partial charge in [-0.25, -0.2) is 4.98 Å². The van der Waals surface area contributed by atoms with Gasteiger partial charge in [0.1, 0.15) is 17.1 Å². The Balaban J connectivity index is 1.43. The molecule has 3 aliphatic rings. The van der Waals surface area contributed by atoms with Gasteiger partial charge in [0.05, 0.1) is 23.3 Å². The van der Waals surface area contributed by atoms with Gasteiger partial charge in [0, 0.05) is 31.2 Å². The molecule has 1 unspecified atom stereocenters. The highest BCUT2D eigenvalue weighted by Crippen LogP contribution is 2.43. The summed E-state index contributed by atoms with van der Waals surface area (Å²) in [5, 5.41) is 9.88. The summed E-state index contributed by atoms with van der Waals surface area (Å²) in [4.78, 5) is 35.6. The van der Waals surface area contributed by atoms with E-state index in [0.717, 1.165) is 40.9 Å². The lowest BCUT2D eigenvalue weighted by molar-refractivity contribution is 0.0693. The Morgan fingerprint density at radius 3 is 2.76 bits per heavy atom. The summed E-state index contributed by atoms with van der Waals surface area (Å²) in [5.74, 6) is 1.28. The van der Waals surface area contributed by atoms with Crippen molar-refractivity contribution >= 4 is 22.5 Å². The van der Waals surface area contributed by atoms with E-state index in [-0.39, 0.29) is 29.2 Å². The number of aromatic nitrogens is 3. The first-order valence-corrected chi connectivity index (χ1v) is 11.4. The molecule has 7 rings (SSSR count). The molecule has 4 aromatic rings. The molecule has 2 aromatic heterocycles. The summed E-state index contributed by atoms with van der Waals surface area (Å²) in [6, 6.07) is 9.21. The highest BCUT2D eigenvalue weighted by molar-refractivity contribution is 6.02. The second-order valence-corrected chi connectivity index (χ2v) is 9.24. The van der Waals surface area contributed by atoms with Crippen LogP contribution in [-0.4, -0.2) is 43.5 Å². The molecule has 2 aromatic carbocycles. The topological polar surface area (TPSA) is 99.9 Å². The zero-order valence-electron chi connectivity index (χ0n) is 17.9. The fourth-order valence-corrected chi connectivity index (χ4v) is 5.78. The van der Waals surface area contributed by atoms with Crippen molar-refractivity contribution in [1.82, 2.24) is 19.3 Å². The SMILES string of the molecule is O=C1c2cc3[nH]c(=O)c4cnc(C5CCOCC5)n4c3cc2C2Cc3ccc(O)cc3CN12. The van der Waals surface area contributed by atoms with Gasteiger partial charge in [0.2, 0.25) is 0 Å². The number of carbonyl (C=O) groups excluding carboxylic acids is 1. The predicted octanol–water partition coefficient (Wildman–Crippen LogP) is 3.03. The summed E-state index contributed by atoms with van der Waals surface area (Å²) in [7, 11) is 0. The summed E-state index contributed by atoms with van der Waals surface area (Å²) in [6.45, 7) is 1.84. The molecule has 0 spiro atoms. The number of nitrogens with one attached hydrogen (secondary N) is 1. The van der Waals surface area contributed by atoms with Gasteiger partial charge in [0.15, 0.2) is 0 Å². The molecule has 1 amide bonds. The van der Waals surface area contributed by atoms with Crippen LogP contribution < -0.4 is 5.56 Å². The number of benzene rings is 2. The average molecular weight is 442 g/mol. The average Bonchev–Trinajstić information content (AvgIpc) is 3.38. The van der Waals surface area contributed by atoms with Crippen LogP contribution in [0, 0.1) is 0 Å². The number of ether oxygens (including phenoxy) is 1. The van der Waals surface area contributed by atoms with E-state index in [2.05, 4.69) is 16.0 Å². The van der Waals surface area contributed by atoms with E-state index in [4.69, 9.17) is 4.74 Å². The molecule has 3 aliphatic heterocycles. The maximum absolute atomic E-state index is 13.3. The lowest BCUT2D eigenvalue weighted by atomic mass is 9.91. The maximum atomic E-state index is 13.3. The summed E-state index contributed by atoms with van der Waals surface area (Å²) in [5.41, 5.74) is 5.55. The Morgan fingerprint density at radius 2 is 1.91 bits per heavy atom. The summed E-state index contributed by atoms with van der Waals surface area (Å²) in [6.07, 6.45) is 4.09. The van der Waals surface area contributed by atoms with Crippen molar-refractivity contribution in [2.24, 2.45) is 0 Å². The van der Waals surface area contributed by atoms with Crippen LogP contribution in [0.3, 0.4) is 0 Å². The predicted molar refractivity (Wildman–Crippen MR) is 121 cm³/mol. The van der Waals surface area contributed by atoms with Crippen LogP contribution >= 0.6 is 0 Å². The second kappa shape index (κ2) is 6.68. The number of hydrogen-bond acceptors (Lipinski definition) is 5. The van der Waals surface area contributed by atoms with E-state index in [9.17, 15) is 14.7 Å². The quantitative estimate of drug-likeness (QED) is 0.472. The number of phenolic OH excluding ortho intramolecular Hbond substituents is 1. The largest absolute Gasteiger partial charge is 0.508 e. The third kappa shape index (κ3) is 2.64. The Morgan fingerprint density at radius 1 is 1.06 bits per heavy atom. The van der Waals surface area contributed by atoms with Gasteiger partial charge in [-0.05, 0) is 60.2 Å². The van der Waals surface area contributed by atoms with Crippen LogP contribution in [0.25, 0.3) is 16.6 Å². The first kappa shape index (κ1) is 18.9. The monoisotopic (exact) mass is 442 g/mol. The van der Waals surface area contributed by atoms with Crippen molar-refractivity contribution in [2.45, 2.75) is 37.8 Å². The number of phenols is 1. The molecule has 1 atom stereocenters. The zero-order chi connectivity index (χ0) is 22.3. The standard InChI is InChI=1S/C25H22N4O4/c30-16-2-1-14-8-20-17-10-21-19(9-18(17)25(32)28(20)12-15(14)7-16)27-24(31)22-11-26-23(29(21)22)13-3-5-33-6-4-13/h1-2,7,9-11,13,20,30H,3-6,8,12H2,(H,27,31). The van der Waals surface area contributed by atoms with E-state index in [1.165, 1.54) is 0 Å². The number of rotatable bonds is 1. The lowest BCUT2D eigenvalue weighted by Crippen LogP contribution is -2.32. The molecular formula is C25H22N4O4. The van der Waals surface area contributed by atoms with Crippen molar-refractivity contribution in [3.05, 3.63) is 75.0 Å². The minimum Gasteiger partial charge on any atom is -0.508 e. The van der Waals surface area contributed by atoms with Gasteiger partial charge >= 0.3 is 0 Å². The van der Waals surface area contributed by atoms with E-state index in [1.54, 1.807) is 18.3 Å². The van der Waals surface area contributed by atoms with Gasteiger partial charge in [-0.3, -0.25) is 14.0 Å². The molecule has 5 heterocycles. The number of imidazole rings is 1. The van der Waals surface area contributed by atoms with E-state index < -0.39 is 0 Å². The lowest BCUT2D eigenvalue weighted by Gasteiger charge is -2.32. The van der Waals surface area contributed by atoms with Crippen LogP contribution in [0.5, 0.6) is 5.75 Å². The highest BCUT2D eigenvalue weighted by atomic mass is 16.5. The summed E-state index contributed by atoms with van der Waals surface area (Å²) < 4.78 is 7.50. The van der Waals surface area contributed by atoms with Crippen molar-refractivity contribution in [3.63, 3.8) is 0 Å². The van der Waals surface area contributed by atoms with E-state index in [1.807, 2.05) is 21.4 Å². The fourth-order valence-electron chi connectivity index (χ4n) is 5.78. The number of hydrogen-bond donors (Lipinski definition) is 2. The molecular weight excluding hydrogens is 420 g/mol. The maximum Gasteiger partial charge on any atom is 0.274 e. The summed E-state index contributed by atoms with van der Waals surface area (Å²) >= 11 is 0. The number of aromatic amines is 1. The minimum absolute atomic E-state index is 0.0397. The first-order chi connectivity index (χ1) is 16.1. The van der Waals surface area contributed by atoms with Gasteiger partial charge in [0.25, 0.3) is 11.5 Å². The third-order valence-electron chi connectivity index (χ3n) is 7.44. The Bertz CT molecular complexity index is 1530. The third-order valence-corrected chi connectivity index (χ3v) is 7.44. The molecule has 0 saturated carbocycles. The molecule has 8 heteroatoms. The molecule has 0 radical (unpaired) electrons. The van der Waals surface area contributed by atoms with Crippen LogP contribution in [-0.2, 0) is 17.7 Å². The Hall–Kier alpha value is -3.65. The number of aromatic hydroxyl groups is 1. The molecule has 8 nitrogen and oxygen atoms in total. The smallest absolute Gasteiger partial charge is 0.274 e. The second-order valence-electron chi connectivity index (χ2n) is 9.24. The fraction of sp³-hybridized carbons (Fsp3) is 0.320. The molecule has 0 aliphatic carbocycles. The number of nitrogens with zero attached hydrogens (tertiary/aromatic N) is 3. The van der Waals surface area contributed by atoms with Crippen LogP contribution in [0.4, 0.5) is 0 Å². The molecule has 0 bridgehead atoms. The van der Waals surface area contributed by atoms with Crippen molar-refractivity contribution < 1.29 is 14.6 Å². The number of amides is 1. The first-order valence-electron chi connectivity index (χ1n) is 11.4. The van der Waals surface area contributed by atoms with Crippen molar-refractivity contribution in [3.8, 4) is 5.75 Å². The number of fused-ring (bicyclic) bond motifs is 7. The van der Waals surface area contributed by atoms with Crippen molar-refractivity contribution in [2.75, 3.05) is 13.2 Å². The molecule has 1 saturated heterocycles. The van der Waals surface area contributed by atoms with Gasteiger partial charge in [-0.15, -0.1) is 0 Å². The molecule has 1 fully saturated rings. The number of carbonyl (C=O) groups is 1. The minimum atomic E-state index is -0.209. The molecule has 33 heavy (non-hydrogen) atoms. The van der Waals surface area contributed by atoms with E-state index in [0.29, 0.717) is 42.8 Å². The van der Waals surface area contributed by atoms with Gasteiger partial charge in [-0.2, -0.15) is 0 Å². The Labute approximate surface area is 188 Å². The van der Waals surface area contributed by atoms with Crippen molar-refractivity contribution in [1.29, 1.82) is 0 Å². The molecule has 2 N–H and O–H groups in total. The van der Waals surface area contributed by atoms with Gasteiger partial charge in [-0.1, -0.05) is 6.07 Å². The Kier molecular flexibility index (Phi) is 3.82. The number of H-pyrrole nitrogens is 1. The van der Waals surface area contributed by atoms with Crippen LogP contribution in [0.15, 0.2) is 41.3 Å². The van der Waals surface area contributed by atoms with Gasteiger partial charge < -0.3 is 19.7 Å². The van der Waals surface area contributed by atoms with E-state index >= 15 is 0 Å². The molecule has 166 valence electrons. The zero-order valence-corrected chi connectivity index (χ0v) is 17.9. The highest BCUT2D eigenvalue weighted by Gasteiger charge is 2.40. The normalized spacial score (nSPS) is 20.3. The van der Waals surface area contributed by atoms with Crippen LogP contribution in [0.1, 0.15) is 57.7 Å². The van der Waals surface area contributed by atoms with Crippen LogP contribution in [0.2, 0.25) is 0 Å².